The first-order valence-corrected chi connectivity index (χ1v) is 8.30. The van der Waals surface area contributed by atoms with Crippen molar-refractivity contribution in [3.8, 4) is 0 Å². The minimum Gasteiger partial charge on any atom is -0.396 e. The zero-order valence-corrected chi connectivity index (χ0v) is 13.6. The Hall–Kier alpha value is -1.50. The quantitative estimate of drug-likeness (QED) is 0.805. The van der Waals surface area contributed by atoms with Crippen LogP contribution in [0.2, 0.25) is 0 Å². The predicted molar refractivity (Wildman–Crippen MR) is 87.8 cm³/mol. The molecule has 2 fully saturated rings. The normalized spacial score (nSPS) is 25.7. The van der Waals surface area contributed by atoms with Crippen molar-refractivity contribution >= 4 is 11.6 Å². The van der Waals surface area contributed by atoms with E-state index in [0.29, 0.717) is 11.5 Å². The van der Waals surface area contributed by atoms with Gasteiger partial charge in [-0.1, -0.05) is 0 Å². The first-order valence-electron chi connectivity index (χ1n) is 8.30. The first kappa shape index (κ1) is 16.4. The van der Waals surface area contributed by atoms with Crippen LogP contribution in [0.3, 0.4) is 0 Å². The maximum Gasteiger partial charge on any atom is 0.161 e. The third kappa shape index (κ3) is 3.88. The fourth-order valence-electron chi connectivity index (χ4n) is 3.44. The standard InChI is InChI=1S/C17H25N3O3/c1-13(22)14-2-3-17(18-8-14)20-10-15(16(11-20)12-21)9-19-4-6-23-7-5-19/h2-3,8,15-16,21H,4-7,9-12H2,1H3/t15-,16-/m1/s1. The molecule has 0 aliphatic carbocycles. The molecule has 2 saturated heterocycles. The van der Waals surface area contributed by atoms with Crippen molar-refractivity contribution in [1.29, 1.82) is 0 Å². The molecular weight excluding hydrogens is 294 g/mol. The summed E-state index contributed by atoms with van der Waals surface area (Å²) in [5.41, 5.74) is 0.636. The second kappa shape index (κ2) is 7.38. The number of anilines is 1. The summed E-state index contributed by atoms with van der Waals surface area (Å²) in [6.07, 6.45) is 1.64. The third-order valence-corrected chi connectivity index (χ3v) is 4.89. The van der Waals surface area contributed by atoms with Gasteiger partial charge in [0.15, 0.2) is 5.78 Å². The summed E-state index contributed by atoms with van der Waals surface area (Å²) in [5, 5.41) is 9.71. The number of hydrogen-bond acceptors (Lipinski definition) is 6. The van der Waals surface area contributed by atoms with Crippen LogP contribution in [0, 0.1) is 11.8 Å². The molecule has 2 atom stereocenters. The van der Waals surface area contributed by atoms with Gasteiger partial charge < -0.3 is 14.7 Å². The zero-order valence-electron chi connectivity index (χ0n) is 13.6. The number of hydrogen-bond donors (Lipinski definition) is 1. The minimum absolute atomic E-state index is 0.0314. The summed E-state index contributed by atoms with van der Waals surface area (Å²) in [7, 11) is 0. The van der Waals surface area contributed by atoms with Crippen LogP contribution in [0.5, 0.6) is 0 Å². The maximum absolute atomic E-state index is 11.3. The molecule has 6 nitrogen and oxygen atoms in total. The number of carbonyl (C=O) groups is 1. The van der Waals surface area contributed by atoms with E-state index in [4.69, 9.17) is 4.74 Å². The molecule has 2 aliphatic heterocycles. The average molecular weight is 319 g/mol. The van der Waals surface area contributed by atoms with Crippen molar-refractivity contribution in [3.05, 3.63) is 23.9 Å². The largest absolute Gasteiger partial charge is 0.396 e. The lowest BCUT2D eigenvalue weighted by molar-refractivity contribution is 0.0268. The molecule has 0 aromatic carbocycles. The van der Waals surface area contributed by atoms with E-state index in [2.05, 4.69) is 14.8 Å². The van der Waals surface area contributed by atoms with Gasteiger partial charge in [0, 0.05) is 57.0 Å². The molecule has 0 spiro atoms. The molecule has 0 radical (unpaired) electrons. The summed E-state index contributed by atoms with van der Waals surface area (Å²) in [6, 6.07) is 3.73. The van der Waals surface area contributed by atoms with Crippen LogP contribution in [-0.4, -0.2) is 73.3 Å². The number of aliphatic hydroxyl groups excluding tert-OH is 1. The maximum atomic E-state index is 11.3. The number of aliphatic hydroxyl groups is 1. The molecule has 0 saturated carbocycles. The van der Waals surface area contributed by atoms with E-state index in [0.717, 1.165) is 51.8 Å². The molecule has 0 unspecified atom stereocenters. The van der Waals surface area contributed by atoms with Gasteiger partial charge in [-0.3, -0.25) is 9.69 Å². The van der Waals surface area contributed by atoms with Crippen molar-refractivity contribution in [2.45, 2.75) is 6.92 Å². The van der Waals surface area contributed by atoms with Crippen molar-refractivity contribution in [2.24, 2.45) is 11.8 Å². The number of aromatic nitrogens is 1. The molecule has 6 heteroatoms. The van der Waals surface area contributed by atoms with Crippen LogP contribution in [0.15, 0.2) is 18.3 Å². The van der Waals surface area contributed by atoms with Crippen LogP contribution >= 0.6 is 0 Å². The summed E-state index contributed by atoms with van der Waals surface area (Å²) in [6.45, 7) is 8.01. The Morgan fingerprint density at radius 2 is 2.04 bits per heavy atom. The van der Waals surface area contributed by atoms with Gasteiger partial charge in [-0.2, -0.15) is 0 Å². The number of nitrogens with zero attached hydrogens (tertiary/aromatic N) is 3. The van der Waals surface area contributed by atoms with Gasteiger partial charge in [0.1, 0.15) is 5.82 Å². The topological polar surface area (TPSA) is 65.9 Å². The lowest BCUT2D eigenvalue weighted by Crippen LogP contribution is -2.41. The van der Waals surface area contributed by atoms with Crippen molar-refractivity contribution in [2.75, 3.05) is 57.4 Å². The Kier molecular flexibility index (Phi) is 5.25. The number of ether oxygens (including phenoxy) is 1. The number of Topliss-reactive ketones (excluding diaryl/α,β-unsaturated/α-hetero) is 1. The van der Waals surface area contributed by atoms with E-state index in [1.165, 1.54) is 0 Å². The molecule has 2 aliphatic rings. The van der Waals surface area contributed by atoms with Crippen molar-refractivity contribution in [1.82, 2.24) is 9.88 Å². The summed E-state index contributed by atoms with van der Waals surface area (Å²) >= 11 is 0. The number of ketones is 1. The smallest absolute Gasteiger partial charge is 0.161 e. The third-order valence-electron chi connectivity index (χ3n) is 4.89. The Labute approximate surface area is 137 Å². The van der Waals surface area contributed by atoms with Crippen molar-refractivity contribution < 1.29 is 14.6 Å². The second-order valence-electron chi connectivity index (χ2n) is 6.48. The highest BCUT2D eigenvalue weighted by molar-refractivity contribution is 5.93. The monoisotopic (exact) mass is 319 g/mol. The molecule has 1 N–H and O–H groups in total. The van der Waals surface area contributed by atoms with E-state index in [1.807, 2.05) is 12.1 Å². The van der Waals surface area contributed by atoms with E-state index < -0.39 is 0 Å². The highest BCUT2D eigenvalue weighted by Gasteiger charge is 2.34. The molecule has 1 aromatic heterocycles. The summed E-state index contributed by atoms with van der Waals surface area (Å²) < 4.78 is 5.40. The van der Waals surface area contributed by atoms with Gasteiger partial charge in [0.25, 0.3) is 0 Å². The van der Waals surface area contributed by atoms with E-state index in [-0.39, 0.29) is 18.3 Å². The second-order valence-corrected chi connectivity index (χ2v) is 6.48. The molecule has 3 heterocycles. The zero-order chi connectivity index (χ0) is 16.2. The minimum atomic E-state index is 0.0314. The summed E-state index contributed by atoms with van der Waals surface area (Å²) in [5.74, 6) is 1.63. The molecule has 0 amide bonds. The van der Waals surface area contributed by atoms with E-state index >= 15 is 0 Å². The van der Waals surface area contributed by atoms with E-state index in [9.17, 15) is 9.90 Å². The molecule has 3 rings (SSSR count). The lowest BCUT2D eigenvalue weighted by Gasteiger charge is -2.30. The van der Waals surface area contributed by atoms with Crippen LogP contribution in [-0.2, 0) is 4.74 Å². The predicted octanol–water partition coefficient (Wildman–Crippen LogP) is 0.661. The number of pyridine rings is 1. The summed E-state index contributed by atoms with van der Waals surface area (Å²) in [4.78, 5) is 20.4. The number of carbonyl (C=O) groups excluding carboxylic acids is 1. The lowest BCUT2D eigenvalue weighted by atomic mass is 9.96. The Balaban J connectivity index is 1.64. The molecular formula is C17H25N3O3. The van der Waals surface area contributed by atoms with Gasteiger partial charge in [-0.15, -0.1) is 0 Å². The van der Waals surface area contributed by atoms with Gasteiger partial charge in [0.2, 0.25) is 0 Å². The van der Waals surface area contributed by atoms with Crippen LogP contribution < -0.4 is 4.90 Å². The first-order chi connectivity index (χ1) is 11.2. The van der Waals surface area contributed by atoms with Gasteiger partial charge >= 0.3 is 0 Å². The Morgan fingerprint density at radius 1 is 1.30 bits per heavy atom. The van der Waals surface area contributed by atoms with Crippen LogP contribution in [0.1, 0.15) is 17.3 Å². The Bertz CT molecular complexity index is 528. The Morgan fingerprint density at radius 3 is 2.65 bits per heavy atom. The highest BCUT2D eigenvalue weighted by atomic mass is 16.5. The average Bonchev–Trinajstić information content (AvgIpc) is 2.99. The van der Waals surface area contributed by atoms with Gasteiger partial charge in [-0.05, 0) is 25.0 Å². The SMILES string of the molecule is CC(=O)c1ccc(N2C[C@@H](CN3CCOCC3)[C@@H](CO)C2)nc1. The number of morpholine rings is 1. The molecule has 23 heavy (non-hydrogen) atoms. The number of rotatable bonds is 5. The fraction of sp³-hybridized carbons (Fsp3) is 0.647. The van der Waals surface area contributed by atoms with Gasteiger partial charge in [-0.25, -0.2) is 4.98 Å². The van der Waals surface area contributed by atoms with Crippen LogP contribution in [0.25, 0.3) is 0 Å². The highest BCUT2D eigenvalue weighted by Crippen LogP contribution is 2.28. The fourth-order valence-corrected chi connectivity index (χ4v) is 3.44. The van der Waals surface area contributed by atoms with Gasteiger partial charge in [0.05, 0.1) is 13.2 Å². The van der Waals surface area contributed by atoms with Crippen molar-refractivity contribution in [3.63, 3.8) is 0 Å². The van der Waals surface area contributed by atoms with E-state index in [1.54, 1.807) is 13.1 Å². The molecule has 1 aromatic rings. The molecule has 126 valence electrons. The van der Waals surface area contributed by atoms with Crippen LogP contribution in [0.4, 0.5) is 5.82 Å². The molecule has 0 bridgehead atoms.